The maximum Gasteiger partial charge on any atom is 0.325 e. The fourth-order valence-corrected chi connectivity index (χ4v) is 2.86. The van der Waals surface area contributed by atoms with Gasteiger partial charge in [0.1, 0.15) is 6.61 Å². The van der Waals surface area contributed by atoms with Gasteiger partial charge in [-0.2, -0.15) is 0 Å². The lowest BCUT2D eigenvalue weighted by Gasteiger charge is -2.17. The Kier molecular flexibility index (Phi) is 5.74. The molecule has 5 nitrogen and oxygen atoms in total. The summed E-state index contributed by atoms with van der Waals surface area (Å²) in [5.41, 5.74) is 6.98. The predicted octanol–water partition coefficient (Wildman–Crippen LogP) is 3.48. The van der Waals surface area contributed by atoms with E-state index in [0.29, 0.717) is 23.3 Å². The Bertz CT molecular complexity index is 744. The fourth-order valence-electron chi connectivity index (χ4n) is 1.91. The lowest BCUT2D eigenvalue weighted by atomic mass is 10.2. The lowest BCUT2D eigenvalue weighted by molar-refractivity contribution is 0.240. The van der Waals surface area contributed by atoms with Crippen LogP contribution in [0.5, 0.6) is 0 Å². The monoisotopic (exact) mass is 329 g/mol. The molecule has 23 heavy (non-hydrogen) atoms. The van der Waals surface area contributed by atoms with Crippen LogP contribution in [-0.2, 0) is 4.74 Å². The van der Waals surface area contributed by atoms with Gasteiger partial charge in [0.25, 0.3) is 0 Å². The van der Waals surface area contributed by atoms with Gasteiger partial charge in [0, 0.05) is 23.7 Å². The molecule has 2 amide bonds. The molecule has 2 N–H and O–H groups in total. The van der Waals surface area contributed by atoms with Crippen molar-refractivity contribution in [2.45, 2.75) is 19.8 Å². The Morgan fingerprint density at radius 3 is 2.87 bits per heavy atom. The molecule has 0 aliphatic rings. The smallest absolute Gasteiger partial charge is 0.325 e. The van der Waals surface area contributed by atoms with E-state index in [4.69, 9.17) is 10.5 Å². The van der Waals surface area contributed by atoms with Crippen LogP contribution < -0.4 is 10.6 Å². The minimum Gasteiger partial charge on any atom is -0.372 e. The number of urea groups is 1. The van der Waals surface area contributed by atoms with Crippen molar-refractivity contribution in [3.05, 3.63) is 40.9 Å². The van der Waals surface area contributed by atoms with Crippen molar-refractivity contribution in [2.75, 3.05) is 18.6 Å². The molecule has 120 valence electrons. The molecule has 0 saturated heterocycles. The summed E-state index contributed by atoms with van der Waals surface area (Å²) in [6, 6.07) is 6.75. The van der Waals surface area contributed by atoms with Crippen molar-refractivity contribution in [3.8, 4) is 11.8 Å². The minimum atomic E-state index is -0.573. The number of methoxy groups -OCH3 is 1. The van der Waals surface area contributed by atoms with Gasteiger partial charge in [-0.15, -0.1) is 11.3 Å². The van der Waals surface area contributed by atoms with E-state index in [1.165, 1.54) is 16.2 Å². The van der Waals surface area contributed by atoms with Gasteiger partial charge in [0.2, 0.25) is 0 Å². The number of primary amides is 1. The maximum absolute atomic E-state index is 11.9. The second kappa shape index (κ2) is 7.77. The molecular weight excluding hydrogens is 310 g/mol. The average molecular weight is 329 g/mol. The summed E-state index contributed by atoms with van der Waals surface area (Å²) in [7, 11) is 1.59. The van der Waals surface area contributed by atoms with E-state index in [1.807, 2.05) is 24.3 Å². The molecule has 0 aliphatic carbocycles. The number of anilines is 2. The summed E-state index contributed by atoms with van der Waals surface area (Å²) in [5.74, 6) is 6.22. The van der Waals surface area contributed by atoms with E-state index in [1.54, 1.807) is 13.3 Å². The molecule has 0 spiro atoms. The fraction of sp³-hybridized carbons (Fsp3) is 0.294. The molecule has 0 atom stereocenters. The molecule has 2 aromatic rings. The number of ether oxygens (including phenoxy) is 1. The van der Waals surface area contributed by atoms with Crippen LogP contribution in [0.2, 0.25) is 0 Å². The first kappa shape index (κ1) is 17.0. The third-order valence-corrected chi connectivity index (χ3v) is 4.33. The average Bonchev–Trinajstić information content (AvgIpc) is 2.97. The molecular formula is C17H19N3O2S. The van der Waals surface area contributed by atoms with Crippen molar-refractivity contribution in [1.82, 2.24) is 4.98 Å². The van der Waals surface area contributed by atoms with E-state index in [0.717, 1.165) is 10.4 Å². The standard InChI is InChI=1S/C17H19N3O2S/c1-12(2)15-11-19-17(23-15)20(16(18)21)14-8-4-6-13(10-14)7-5-9-22-3/h4,6,8,10-12H,9H2,1-3H3,(H2,18,21). The molecule has 1 aromatic heterocycles. The number of rotatable bonds is 4. The zero-order valence-electron chi connectivity index (χ0n) is 13.4. The zero-order chi connectivity index (χ0) is 16.8. The molecule has 0 bridgehead atoms. The Balaban J connectivity index is 2.36. The molecule has 6 heteroatoms. The number of thiazole rings is 1. The first-order valence-corrected chi connectivity index (χ1v) is 7.97. The molecule has 0 fully saturated rings. The van der Waals surface area contributed by atoms with Crippen LogP contribution in [-0.4, -0.2) is 24.7 Å². The van der Waals surface area contributed by atoms with Crippen molar-refractivity contribution in [2.24, 2.45) is 5.73 Å². The number of nitrogens with zero attached hydrogens (tertiary/aromatic N) is 2. The lowest BCUT2D eigenvalue weighted by Crippen LogP contribution is -2.31. The van der Waals surface area contributed by atoms with E-state index >= 15 is 0 Å². The van der Waals surface area contributed by atoms with Gasteiger partial charge < -0.3 is 10.5 Å². The third-order valence-electron chi connectivity index (χ3n) is 3.05. The molecule has 1 heterocycles. The largest absolute Gasteiger partial charge is 0.372 e. The number of benzene rings is 1. The Hall–Kier alpha value is -2.36. The van der Waals surface area contributed by atoms with Crippen molar-refractivity contribution in [3.63, 3.8) is 0 Å². The summed E-state index contributed by atoms with van der Waals surface area (Å²) in [5, 5.41) is 0.559. The van der Waals surface area contributed by atoms with Gasteiger partial charge in [0.15, 0.2) is 5.13 Å². The summed E-state index contributed by atoms with van der Waals surface area (Å²) in [4.78, 5) is 18.7. The molecule has 0 saturated carbocycles. The van der Waals surface area contributed by atoms with Crippen molar-refractivity contribution >= 4 is 28.2 Å². The van der Waals surface area contributed by atoms with Gasteiger partial charge in [-0.1, -0.05) is 31.8 Å². The number of hydrogen-bond acceptors (Lipinski definition) is 4. The molecule has 1 aromatic carbocycles. The van der Waals surface area contributed by atoms with Crippen LogP contribution in [0, 0.1) is 11.8 Å². The van der Waals surface area contributed by atoms with Crippen LogP contribution in [0.25, 0.3) is 0 Å². The highest BCUT2D eigenvalue weighted by atomic mass is 32.1. The van der Waals surface area contributed by atoms with Gasteiger partial charge >= 0.3 is 6.03 Å². The number of carbonyl (C=O) groups is 1. The van der Waals surface area contributed by atoms with E-state index in [2.05, 4.69) is 30.7 Å². The second-order valence-electron chi connectivity index (χ2n) is 5.16. The number of aromatic nitrogens is 1. The van der Waals surface area contributed by atoms with Crippen molar-refractivity contribution < 1.29 is 9.53 Å². The normalized spacial score (nSPS) is 10.3. The minimum absolute atomic E-state index is 0.349. The van der Waals surface area contributed by atoms with Gasteiger partial charge in [-0.25, -0.2) is 14.7 Å². The summed E-state index contributed by atoms with van der Waals surface area (Å²) in [6.07, 6.45) is 1.78. The first-order valence-electron chi connectivity index (χ1n) is 7.16. The topological polar surface area (TPSA) is 68.5 Å². The number of nitrogens with two attached hydrogens (primary N) is 1. The van der Waals surface area contributed by atoms with Crippen LogP contribution in [0.4, 0.5) is 15.6 Å². The van der Waals surface area contributed by atoms with Crippen LogP contribution >= 0.6 is 11.3 Å². The molecule has 0 unspecified atom stereocenters. The predicted molar refractivity (Wildman–Crippen MR) is 93.1 cm³/mol. The van der Waals surface area contributed by atoms with Crippen LogP contribution in [0.3, 0.4) is 0 Å². The van der Waals surface area contributed by atoms with Gasteiger partial charge in [-0.3, -0.25) is 0 Å². The van der Waals surface area contributed by atoms with E-state index in [-0.39, 0.29) is 0 Å². The quantitative estimate of drug-likeness (QED) is 0.873. The van der Waals surface area contributed by atoms with Crippen LogP contribution in [0.15, 0.2) is 30.5 Å². The Morgan fingerprint density at radius 2 is 2.26 bits per heavy atom. The highest BCUT2D eigenvalue weighted by Gasteiger charge is 2.19. The number of carbonyl (C=O) groups excluding carboxylic acids is 1. The third kappa shape index (κ3) is 4.31. The summed E-state index contributed by atoms with van der Waals surface area (Å²) < 4.78 is 4.91. The molecule has 0 aliphatic heterocycles. The summed E-state index contributed by atoms with van der Waals surface area (Å²) >= 11 is 1.46. The number of hydrogen-bond donors (Lipinski definition) is 1. The van der Waals surface area contributed by atoms with Gasteiger partial charge in [-0.05, 0) is 24.1 Å². The number of amides is 2. The van der Waals surface area contributed by atoms with Crippen molar-refractivity contribution in [1.29, 1.82) is 0 Å². The van der Waals surface area contributed by atoms with E-state index < -0.39 is 6.03 Å². The maximum atomic E-state index is 11.9. The van der Waals surface area contributed by atoms with Crippen LogP contribution in [0.1, 0.15) is 30.2 Å². The molecule has 0 radical (unpaired) electrons. The summed E-state index contributed by atoms with van der Waals surface area (Å²) in [6.45, 7) is 4.52. The van der Waals surface area contributed by atoms with E-state index in [9.17, 15) is 4.79 Å². The highest BCUT2D eigenvalue weighted by Crippen LogP contribution is 2.32. The first-order chi connectivity index (χ1) is 11.0. The Morgan fingerprint density at radius 1 is 1.48 bits per heavy atom. The Labute approximate surface area is 140 Å². The molecule has 2 rings (SSSR count). The zero-order valence-corrected chi connectivity index (χ0v) is 14.2. The SMILES string of the molecule is COCC#Cc1cccc(N(C(N)=O)c2ncc(C(C)C)s2)c1. The van der Waals surface area contributed by atoms with Gasteiger partial charge in [0.05, 0.1) is 5.69 Å². The second-order valence-corrected chi connectivity index (χ2v) is 6.20. The highest BCUT2D eigenvalue weighted by molar-refractivity contribution is 7.15.